The first kappa shape index (κ1) is 13.1. The second-order valence-electron chi connectivity index (χ2n) is 4.48. The van der Waals surface area contributed by atoms with Gasteiger partial charge in [0, 0.05) is 13.1 Å². The minimum Gasteiger partial charge on any atom is -0.353 e. The molecular weight excluding hydrogens is 242 g/mol. The van der Waals surface area contributed by atoms with Gasteiger partial charge in [0.05, 0.1) is 12.6 Å². The molecule has 1 N–H and O–H groups in total. The molecule has 5 heteroatoms. The normalized spacial score (nSPS) is 16.4. The van der Waals surface area contributed by atoms with Crippen molar-refractivity contribution in [2.45, 2.75) is 6.42 Å². The molecule has 0 spiro atoms. The van der Waals surface area contributed by atoms with E-state index in [2.05, 4.69) is 5.32 Å². The Bertz CT molecular complexity index is 507. The predicted octanol–water partition coefficient (Wildman–Crippen LogP) is 0.327. The Morgan fingerprint density at radius 2 is 2.16 bits per heavy atom. The third-order valence-electron chi connectivity index (χ3n) is 3.09. The lowest BCUT2D eigenvalue weighted by atomic mass is 9.99. The summed E-state index contributed by atoms with van der Waals surface area (Å²) < 4.78 is 0. The fourth-order valence-electron chi connectivity index (χ4n) is 2.09. The van der Waals surface area contributed by atoms with E-state index in [4.69, 9.17) is 5.26 Å². The second-order valence-corrected chi connectivity index (χ2v) is 4.48. The van der Waals surface area contributed by atoms with Crippen LogP contribution in [0.25, 0.3) is 0 Å². The molecule has 2 amide bonds. The third-order valence-corrected chi connectivity index (χ3v) is 3.09. The second kappa shape index (κ2) is 6.01. The van der Waals surface area contributed by atoms with E-state index in [1.807, 2.05) is 36.4 Å². The summed E-state index contributed by atoms with van der Waals surface area (Å²) in [5.74, 6) is -1.16. The number of nitrogens with zero attached hydrogens (tertiary/aromatic N) is 2. The van der Waals surface area contributed by atoms with Gasteiger partial charge in [0.1, 0.15) is 5.92 Å². The monoisotopic (exact) mass is 257 g/mol. The molecule has 98 valence electrons. The molecule has 0 bridgehead atoms. The molecule has 1 aromatic carbocycles. The van der Waals surface area contributed by atoms with E-state index in [1.165, 1.54) is 4.90 Å². The first-order chi connectivity index (χ1) is 9.20. The molecule has 1 fully saturated rings. The Hall–Kier alpha value is -2.35. The van der Waals surface area contributed by atoms with Crippen LogP contribution in [0.1, 0.15) is 5.56 Å². The maximum absolute atomic E-state index is 12.2. The van der Waals surface area contributed by atoms with Gasteiger partial charge < -0.3 is 10.2 Å². The third kappa shape index (κ3) is 3.32. The van der Waals surface area contributed by atoms with Gasteiger partial charge in [0.2, 0.25) is 11.8 Å². The summed E-state index contributed by atoms with van der Waals surface area (Å²) in [6.07, 6.45) is 0.383. The largest absolute Gasteiger partial charge is 0.353 e. The molecule has 1 heterocycles. The number of hydrogen-bond acceptors (Lipinski definition) is 3. The molecule has 0 radical (unpaired) electrons. The highest BCUT2D eigenvalue weighted by Gasteiger charge is 2.27. The van der Waals surface area contributed by atoms with Crippen LogP contribution < -0.4 is 5.32 Å². The number of nitrogens with one attached hydrogen (secondary N) is 1. The van der Waals surface area contributed by atoms with Gasteiger partial charge in [-0.1, -0.05) is 30.3 Å². The average molecular weight is 257 g/mol. The number of nitriles is 1. The summed E-state index contributed by atoms with van der Waals surface area (Å²) >= 11 is 0. The van der Waals surface area contributed by atoms with Crippen LogP contribution in [-0.2, 0) is 16.0 Å². The summed E-state index contributed by atoms with van der Waals surface area (Å²) in [6.45, 7) is 0.970. The summed E-state index contributed by atoms with van der Waals surface area (Å²) in [7, 11) is 0. The molecule has 2 rings (SSSR count). The van der Waals surface area contributed by atoms with Crippen molar-refractivity contribution in [3.8, 4) is 6.07 Å². The van der Waals surface area contributed by atoms with Crippen molar-refractivity contribution in [1.82, 2.24) is 10.2 Å². The van der Waals surface area contributed by atoms with Crippen molar-refractivity contribution in [1.29, 1.82) is 5.26 Å². The molecule has 1 atom stereocenters. The molecule has 1 saturated heterocycles. The average Bonchev–Trinajstić information content (AvgIpc) is 2.45. The number of amides is 2. The zero-order valence-corrected chi connectivity index (χ0v) is 10.5. The zero-order chi connectivity index (χ0) is 13.7. The fraction of sp³-hybridized carbons (Fsp3) is 0.357. The number of rotatable bonds is 3. The van der Waals surface area contributed by atoms with E-state index < -0.39 is 5.92 Å². The first-order valence-electron chi connectivity index (χ1n) is 6.19. The van der Waals surface area contributed by atoms with E-state index >= 15 is 0 Å². The van der Waals surface area contributed by atoms with E-state index in [-0.39, 0.29) is 18.4 Å². The highest BCUT2D eigenvalue weighted by Crippen LogP contribution is 2.12. The van der Waals surface area contributed by atoms with Gasteiger partial charge in [0.25, 0.3) is 0 Å². The standard InChI is InChI=1S/C14H15N3O2/c15-9-12(8-11-4-2-1-3-5-11)14(19)17-7-6-16-13(18)10-17/h1-5,12H,6-8,10H2,(H,16,18). The summed E-state index contributed by atoms with van der Waals surface area (Å²) in [5.41, 5.74) is 0.948. The van der Waals surface area contributed by atoms with Crippen LogP contribution in [0.5, 0.6) is 0 Å². The van der Waals surface area contributed by atoms with E-state index in [1.54, 1.807) is 0 Å². The van der Waals surface area contributed by atoms with E-state index in [0.717, 1.165) is 5.56 Å². The predicted molar refractivity (Wildman–Crippen MR) is 68.8 cm³/mol. The lowest BCUT2D eigenvalue weighted by Crippen LogP contribution is -2.51. The van der Waals surface area contributed by atoms with E-state index in [0.29, 0.717) is 19.5 Å². The van der Waals surface area contributed by atoms with Gasteiger partial charge in [-0.2, -0.15) is 5.26 Å². The maximum atomic E-state index is 12.2. The van der Waals surface area contributed by atoms with Gasteiger partial charge >= 0.3 is 0 Å². The molecule has 1 aliphatic rings. The van der Waals surface area contributed by atoms with Crippen LogP contribution in [0.3, 0.4) is 0 Å². The van der Waals surface area contributed by atoms with Gasteiger partial charge in [-0.25, -0.2) is 0 Å². The molecule has 1 aliphatic heterocycles. The summed E-state index contributed by atoms with van der Waals surface area (Å²) in [6, 6.07) is 11.5. The SMILES string of the molecule is N#CC(Cc1ccccc1)C(=O)N1CCNC(=O)C1. The van der Waals surface area contributed by atoms with E-state index in [9.17, 15) is 9.59 Å². The summed E-state index contributed by atoms with van der Waals surface area (Å²) in [4.78, 5) is 24.9. The topological polar surface area (TPSA) is 73.2 Å². The van der Waals surface area contributed by atoms with Gasteiger partial charge in [-0.05, 0) is 12.0 Å². The first-order valence-corrected chi connectivity index (χ1v) is 6.19. The molecule has 0 saturated carbocycles. The quantitative estimate of drug-likeness (QED) is 0.848. The Morgan fingerprint density at radius 3 is 2.79 bits per heavy atom. The molecule has 19 heavy (non-hydrogen) atoms. The Kier molecular flexibility index (Phi) is 4.14. The van der Waals surface area contributed by atoms with Gasteiger partial charge in [-0.3, -0.25) is 9.59 Å². The Labute approximate surface area is 111 Å². The molecule has 0 aromatic heterocycles. The molecule has 1 aromatic rings. The smallest absolute Gasteiger partial charge is 0.240 e. The van der Waals surface area contributed by atoms with Gasteiger partial charge in [-0.15, -0.1) is 0 Å². The Morgan fingerprint density at radius 1 is 1.42 bits per heavy atom. The number of hydrogen-bond donors (Lipinski definition) is 1. The highest BCUT2D eigenvalue weighted by atomic mass is 16.2. The summed E-state index contributed by atoms with van der Waals surface area (Å²) in [5, 5.41) is 11.8. The lowest BCUT2D eigenvalue weighted by Gasteiger charge is -2.28. The maximum Gasteiger partial charge on any atom is 0.240 e. The fourth-order valence-corrected chi connectivity index (χ4v) is 2.09. The molecule has 5 nitrogen and oxygen atoms in total. The zero-order valence-electron chi connectivity index (χ0n) is 10.5. The number of benzene rings is 1. The van der Waals surface area contributed by atoms with Crippen molar-refractivity contribution in [3.05, 3.63) is 35.9 Å². The van der Waals surface area contributed by atoms with Crippen LogP contribution in [0.15, 0.2) is 30.3 Å². The Balaban J connectivity index is 2.03. The van der Waals surface area contributed by atoms with Gasteiger partial charge in [0.15, 0.2) is 0 Å². The highest BCUT2D eigenvalue weighted by molar-refractivity contribution is 5.88. The molecule has 0 aliphatic carbocycles. The number of carbonyl (C=O) groups excluding carboxylic acids is 2. The van der Waals surface area contributed by atoms with Crippen molar-refractivity contribution in [2.75, 3.05) is 19.6 Å². The number of carbonyl (C=O) groups is 2. The van der Waals surface area contributed by atoms with Crippen molar-refractivity contribution < 1.29 is 9.59 Å². The minimum absolute atomic E-state index is 0.0474. The molecular formula is C14H15N3O2. The minimum atomic E-state index is -0.728. The van der Waals surface area contributed by atoms with Crippen LogP contribution >= 0.6 is 0 Å². The molecule has 1 unspecified atom stereocenters. The van der Waals surface area contributed by atoms with Crippen LogP contribution in [0.4, 0.5) is 0 Å². The lowest BCUT2D eigenvalue weighted by molar-refractivity contribution is -0.140. The van der Waals surface area contributed by atoms with Crippen LogP contribution in [0, 0.1) is 17.2 Å². The van der Waals surface area contributed by atoms with Crippen molar-refractivity contribution in [3.63, 3.8) is 0 Å². The van der Waals surface area contributed by atoms with Crippen molar-refractivity contribution >= 4 is 11.8 Å². The van der Waals surface area contributed by atoms with Crippen LogP contribution in [0.2, 0.25) is 0 Å². The van der Waals surface area contributed by atoms with Crippen LogP contribution in [-0.4, -0.2) is 36.3 Å². The number of piperazine rings is 1. The van der Waals surface area contributed by atoms with Crippen molar-refractivity contribution in [2.24, 2.45) is 5.92 Å².